The molecule has 0 heterocycles. The van der Waals surface area contributed by atoms with Gasteiger partial charge in [-0.1, -0.05) is 11.6 Å². The zero-order valence-electron chi connectivity index (χ0n) is 17.9. The van der Waals surface area contributed by atoms with E-state index in [1.807, 2.05) is 0 Å². The van der Waals surface area contributed by atoms with Crippen molar-refractivity contribution in [1.29, 1.82) is 0 Å². The van der Waals surface area contributed by atoms with E-state index in [2.05, 4.69) is 17.0 Å². The number of sulfone groups is 1. The van der Waals surface area contributed by atoms with E-state index in [4.69, 9.17) is 11.6 Å². The topological polar surface area (TPSA) is 95.8 Å². The summed E-state index contributed by atoms with van der Waals surface area (Å²) in [5.41, 5.74) is -1.53. The van der Waals surface area contributed by atoms with Crippen molar-refractivity contribution in [1.82, 2.24) is 0 Å². The molecule has 2 aromatic rings. The number of aliphatic imine (C=N–C) groups is 1. The number of carbonyl (C=O) groups is 1. The molecule has 2 N–H and O–H groups in total. The number of hydrogen-bond acceptors (Lipinski definition) is 5. The van der Waals surface area contributed by atoms with Gasteiger partial charge in [0.2, 0.25) is 0 Å². The Morgan fingerprint density at radius 1 is 1.15 bits per heavy atom. The molecular formula is C23H22ClF3N2O4S. The van der Waals surface area contributed by atoms with Gasteiger partial charge in [0, 0.05) is 23.4 Å². The molecule has 0 aliphatic heterocycles. The number of nitrogens with one attached hydrogen (secondary N) is 1. The number of rotatable bonds is 6. The third-order valence-corrected chi connectivity index (χ3v) is 9.51. The summed E-state index contributed by atoms with van der Waals surface area (Å²) in [7, 11) is -3.98. The van der Waals surface area contributed by atoms with Crippen molar-refractivity contribution < 1.29 is 31.5 Å². The third-order valence-electron chi connectivity index (χ3n) is 6.63. The van der Waals surface area contributed by atoms with Crippen LogP contribution in [0.3, 0.4) is 0 Å². The molecule has 2 aliphatic carbocycles. The van der Waals surface area contributed by atoms with Gasteiger partial charge in [-0.05, 0) is 62.4 Å². The molecule has 4 rings (SSSR count). The molecule has 2 aromatic carbocycles. The van der Waals surface area contributed by atoms with Gasteiger partial charge < -0.3 is 10.4 Å². The molecule has 1 amide bonds. The normalized spacial score (nSPS) is 26.3. The van der Waals surface area contributed by atoms with Crippen LogP contribution in [-0.2, 0) is 9.84 Å². The quantitative estimate of drug-likeness (QED) is 0.441. The third kappa shape index (κ3) is 4.46. The second-order valence-corrected chi connectivity index (χ2v) is 11.5. The molecular weight excluding hydrogens is 493 g/mol. The SMILES string of the molecule is C=NCC1(O)CC2CCC(C1)C2S(=O)(=O)c1cc(C(=O)Nc2cc(F)c(F)c(F)c2)ccc1Cl. The van der Waals surface area contributed by atoms with Gasteiger partial charge in [0.1, 0.15) is 0 Å². The first kappa shape index (κ1) is 24.7. The number of fused-ring (bicyclic) bond motifs is 2. The molecule has 2 unspecified atom stereocenters. The summed E-state index contributed by atoms with van der Waals surface area (Å²) in [6.07, 6.45) is 1.80. The Hall–Kier alpha value is -2.43. The summed E-state index contributed by atoms with van der Waals surface area (Å²) in [5, 5.41) is 12.2. The van der Waals surface area contributed by atoms with Crippen LogP contribution >= 0.6 is 11.6 Å². The number of hydrogen-bond donors (Lipinski definition) is 2. The van der Waals surface area contributed by atoms with Gasteiger partial charge in [-0.15, -0.1) is 0 Å². The molecule has 34 heavy (non-hydrogen) atoms. The fourth-order valence-electron chi connectivity index (χ4n) is 5.32. The van der Waals surface area contributed by atoms with Gasteiger partial charge in [0.15, 0.2) is 27.3 Å². The Morgan fingerprint density at radius 2 is 1.74 bits per heavy atom. The van der Waals surface area contributed by atoms with E-state index in [-0.39, 0.29) is 52.4 Å². The van der Waals surface area contributed by atoms with Crippen molar-refractivity contribution in [2.75, 3.05) is 11.9 Å². The van der Waals surface area contributed by atoms with Crippen molar-refractivity contribution in [3.63, 3.8) is 0 Å². The number of anilines is 1. The maximum atomic E-state index is 13.6. The summed E-state index contributed by atoms with van der Waals surface area (Å²) < 4.78 is 67.3. The van der Waals surface area contributed by atoms with E-state index in [0.717, 1.165) is 6.07 Å². The molecule has 2 saturated carbocycles. The zero-order chi connectivity index (χ0) is 24.8. The fourth-order valence-corrected chi connectivity index (χ4v) is 8.16. The van der Waals surface area contributed by atoms with Crippen molar-refractivity contribution in [3.8, 4) is 0 Å². The minimum Gasteiger partial charge on any atom is -0.388 e. The monoisotopic (exact) mass is 514 g/mol. The van der Waals surface area contributed by atoms with Crippen LogP contribution in [-0.4, -0.2) is 43.5 Å². The summed E-state index contributed by atoms with van der Waals surface area (Å²) in [6.45, 7) is 3.56. The van der Waals surface area contributed by atoms with E-state index in [1.165, 1.54) is 12.1 Å². The molecule has 2 fully saturated rings. The van der Waals surface area contributed by atoms with Gasteiger partial charge in [-0.25, -0.2) is 21.6 Å². The standard InChI is InChI=1S/C23H22ClF3N2O4S/c1-28-11-23(31)9-13-2-3-14(10-23)21(13)34(32,33)19-6-12(4-5-16(19)24)22(30)29-15-7-17(25)20(27)18(26)8-15/h4-8,13-14,21,31H,1-3,9-11H2,(H,29,30). The smallest absolute Gasteiger partial charge is 0.255 e. The predicted molar refractivity (Wildman–Crippen MR) is 122 cm³/mol. The average molecular weight is 515 g/mol. The summed E-state index contributed by atoms with van der Waals surface area (Å²) in [4.78, 5) is 16.2. The number of carbonyl (C=O) groups excluding carboxylic acids is 1. The van der Waals surface area contributed by atoms with Crippen molar-refractivity contribution in [3.05, 3.63) is 58.4 Å². The largest absolute Gasteiger partial charge is 0.388 e. The summed E-state index contributed by atoms with van der Waals surface area (Å²) in [6, 6.07) is 4.88. The molecule has 0 saturated heterocycles. The Bertz CT molecular complexity index is 1230. The molecule has 2 atom stereocenters. The van der Waals surface area contributed by atoms with Crippen LogP contribution in [0.25, 0.3) is 0 Å². The van der Waals surface area contributed by atoms with Crippen LogP contribution in [0.1, 0.15) is 36.0 Å². The molecule has 0 aromatic heterocycles. The lowest BCUT2D eigenvalue weighted by Crippen LogP contribution is -2.47. The Balaban J connectivity index is 1.62. The average Bonchev–Trinajstić information content (AvgIpc) is 3.05. The first-order valence-electron chi connectivity index (χ1n) is 10.6. The minimum atomic E-state index is -3.98. The Kier molecular flexibility index (Phi) is 6.52. The van der Waals surface area contributed by atoms with Crippen LogP contribution in [0.5, 0.6) is 0 Å². The number of benzene rings is 2. The molecule has 2 bridgehead atoms. The van der Waals surface area contributed by atoms with Gasteiger partial charge in [0.25, 0.3) is 5.91 Å². The van der Waals surface area contributed by atoms with Crippen LogP contribution in [0.2, 0.25) is 5.02 Å². The number of nitrogens with zero attached hydrogens (tertiary/aromatic N) is 1. The molecule has 182 valence electrons. The van der Waals surface area contributed by atoms with Crippen LogP contribution in [0, 0.1) is 29.3 Å². The molecule has 2 aliphatic rings. The van der Waals surface area contributed by atoms with Crippen molar-refractivity contribution in [2.24, 2.45) is 16.8 Å². The number of aliphatic hydroxyl groups is 1. The van der Waals surface area contributed by atoms with Crippen molar-refractivity contribution >= 4 is 39.8 Å². The van der Waals surface area contributed by atoms with E-state index in [1.54, 1.807) is 0 Å². The van der Waals surface area contributed by atoms with Gasteiger partial charge in [-0.2, -0.15) is 0 Å². The number of amides is 1. The molecule has 6 nitrogen and oxygen atoms in total. The Labute approximate surface area is 199 Å². The van der Waals surface area contributed by atoms with Crippen LogP contribution in [0.4, 0.5) is 18.9 Å². The first-order chi connectivity index (χ1) is 15.9. The highest BCUT2D eigenvalue weighted by atomic mass is 35.5. The zero-order valence-corrected chi connectivity index (χ0v) is 19.5. The highest BCUT2D eigenvalue weighted by Gasteiger charge is 2.54. The van der Waals surface area contributed by atoms with Gasteiger partial charge in [-0.3, -0.25) is 9.79 Å². The highest BCUT2D eigenvalue weighted by Crippen LogP contribution is 2.51. The van der Waals surface area contributed by atoms with E-state index < -0.39 is 44.0 Å². The maximum Gasteiger partial charge on any atom is 0.255 e. The van der Waals surface area contributed by atoms with E-state index in [9.17, 15) is 31.5 Å². The summed E-state index contributed by atoms with van der Waals surface area (Å²) >= 11 is 6.22. The van der Waals surface area contributed by atoms with E-state index in [0.29, 0.717) is 25.0 Å². The lowest BCUT2D eigenvalue weighted by molar-refractivity contribution is -0.00999. The Morgan fingerprint density at radius 3 is 2.29 bits per heavy atom. The van der Waals surface area contributed by atoms with Gasteiger partial charge in [0.05, 0.1) is 27.3 Å². The van der Waals surface area contributed by atoms with E-state index >= 15 is 0 Å². The molecule has 0 spiro atoms. The lowest BCUT2D eigenvalue weighted by atomic mass is 9.77. The number of halogens is 4. The van der Waals surface area contributed by atoms with Gasteiger partial charge >= 0.3 is 0 Å². The predicted octanol–water partition coefficient (Wildman–Crippen LogP) is 4.40. The maximum absolute atomic E-state index is 13.6. The summed E-state index contributed by atoms with van der Waals surface area (Å²) in [5.74, 6) is -6.07. The van der Waals surface area contributed by atoms with Crippen molar-refractivity contribution in [2.45, 2.75) is 41.4 Å². The van der Waals surface area contributed by atoms with Crippen LogP contribution < -0.4 is 5.32 Å². The second kappa shape index (κ2) is 8.98. The second-order valence-electron chi connectivity index (χ2n) is 8.97. The molecule has 0 radical (unpaired) electrons. The minimum absolute atomic E-state index is 0.0663. The van der Waals surface area contributed by atoms with Crippen LogP contribution in [0.15, 0.2) is 40.2 Å². The fraction of sp³-hybridized carbons (Fsp3) is 0.391. The molecule has 11 heteroatoms. The lowest BCUT2D eigenvalue weighted by Gasteiger charge is -2.40. The highest BCUT2D eigenvalue weighted by molar-refractivity contribution is 7.92. The first-order valence-corrected chi connectivity index (χ1v) is 12.5.